The minimum absolute atomic E-state index is 0.238. The zero-order valence-electron chi connectivity index (χ0n) is 19.0. The van der Waals surface area contributed by atoms with E-state index in [1.807, 2.05) is 0 Å². The van der Waals surface area contributed by atoms with Crippen molar-refractivity contribution < 1.29 is 79.7 Å². The molecule has 0 bridgehead atoms. The summed E-state index contributed by atoms with van der Waals surface area (Å²) in [6.07, 6.45) is -10.8. The molecule has 0 radical (unpaired) electrons. The fourth-order valence-corrected chi connectivity index (χ4v) is 3.07. The molecule has 1 rings (SSSR count). The van der Waals surface area contributed by atoms with Gasteiger partial charge in [-0.2, -0.15) is 74.6 Å². The van der Waals surface area contributed by atoms with Crippen LogP contribution in [0, 0.1) is 0 Å². The molecule has 0 amide bonds. The van der Waals surface area contributed by atoms with Crippen molar-refractivity contribution in [3.05, 3.63) is 35.4 Å². The second kappa shape index (κ2) is 9.28. The van der Waals surface area contributed by atoms with Crippen molar-refractivity contribution >= 4 is 0 Å². The van der Waals surface area contributed by atoms with Crippen molar-refractivity contribution in [1.29, 1.82) is 0 Å². The topological polar surface area (TPSA) is 20.2 Å². The summed E-state index contributed by atoms with van der Waals surface area (Å²) in [6, 6.07) is 4.05. The van der Waals surface area contributed by atoms with Gasteiger partial charge in [-0.05, 0) is 24.0 Å². The minimum Gasteiger partial charge on any atom is -0.385 e. The molecule has 1 aromatic rings. The van der Waals surface area contributed by atoms with E-state index in [4.69, 9.17) is 0 Å². The average Bonchev–Trinajstić information content (AvgIpc) is 2.71. The number of hydrogen-bond donors (Lipinski definition) is 1. The smallest absolute Gasteiger partial charge is 0.385 e. The first kappa shape index (κ1) is 34.0. The number of hydrogen-bond acceptors (Lipinski definition) is 1. The van der Waals surface area contributed by atoms with E-state index in [0.717, 1.165) is 18.2 Å². The van der Waals surface area contributed by atoms with Crippen LogP contribution in [0.3, 0.4) is 0 Å². The Labute approximate surface area is 202 Å². The molecular formula is C20H17F17O. The molecule has 0 aromatic heterocycles. The first-order valence-electron chi connectivity index (χ1n) is 9.91. The fourth-order valence-electron chi connectivity index (χ4n) is 3.07. The molecule has 1 nitrogen and oxygen atoms in total. The van der Waals surface area contributed by atoms with Crippen LogP contribution in [0.25, 0.3) is 0 Å². The van der Waals surface area contributed by atoms with Crippen LogP contribution in [0.2, 0.25) is 0 Å². The minimum atomic E-state index is -8.68. The molecule has 1 aromatic carbocycles. The second-order valence-electron chi connectivity index (χ2n) is 8.88. The van der Waals surface area contributed by atoms with Gasteiger partial charge in [-0.25, -0.2) is 0 Å². The van der Waals surface area contributed by atoms with Crippen LogP contribution in [0.15, 0.2) is 24.3 Å². The third-order valence-corrected chi connectivity index (χ3v) is 5.53. The number of alkyl halides is 17. The molecule has 222 valence electrons. The standard InChI is InChI=1S/C20H17F17O/c1-9(2)10-5-4-6-11(7-10)12(3,38)8-13(21,22)14(23,24)15(25,26)16(27,28)17(29,30)18(31,32)19(33,34)20(35,36)37/h4-7,9,38H,8H2,1-3H3. The maximum atomic E-state index is 14.3. The Balaban J connectivity index is 3.62. The summed E-state index contributed by atoms with van der Waals surface area (Å²) in [4.78, 5) is 0. The third kappa shape index (κ3) is 4.89. The van der Waals surface area contributed by atoms with Gasteiger partial charge in [0.1, 0.15) is 0 Å². The van der Waals surface area contributed by atoms with Gasteiger partial charge in [0.25, 0.3) is 0 Å². The van der Waals surface area contributed by atoms with Gasteiger partial charge < -0.3 is 5.11 Å². The molecule has 0 saturated heterocycles. The van der Waals surface area contributed by atoms with Gasteiger partial charge in [0, 0.05) is 0 Å². The van der Waals surface area contributed by atoms with Crippen molar-refractivity contribution in [1.82, 2.24) is 0 Å². The van der Waals surface area contributed by atoms with Crippen molar-refractivity contribution in [3.63, 3.8) is 0 Å². The van der Waals surface area contributed by atoms with Crippen molar-refractivity contribution in [2.24, 2.45) is 0 Å². The summed E-state index contributed by atoms with van der Waals surface area (Å²) in [6.45, 7) is 3.30. The summed E-state index contributed by atoms with van der Waals surface area (Å²) >= 11 is 0. The molecule has 0 aliphatic heterocycles. The van der Waals surface area contributed by atoms with Gasteiger partial charge in [-0.15, -0.1) is 0 Å². The Morgan fingerprint density at radius 1 is 0.605 bits per heavy atom. The maximum absolute atomic E-state index is 14.3. The average molecular weight is 596 g/mol. The lowest BCUT2D eigenvalue weighted by Crippen LogP contribution is -2.74. The Morgan fingerprint density at radius 3 is 1.34 bits per heavy atom. The number of aliphatic hydroxyl groups is 1. The maximum Gasteiger partial charge on any atom is 0.460 e. The lowest BCUT2D eigenvalue weighted by atomic mass is 9.82. The van der Waals surface area contributed by atoms with Crippen LogP contribution in [0.5, 0.6) is 0 Å². The highest BCUT2D eigenvalue weighted by Crippen LogP contribution is 2.64. The lowest BCUT2D eigenvalue weighted by molar-refractivity contribution is -0.462. The summed E-state index contributed by atoms with van der Waals surface area (Å²) in [5, 5.41) is 10.2. The van der Waals surface area contributed by atoms with E-state index in [-0.39, 0.29) is 12.5 Å². The van der Waals surface area contributed by atoms with Crippen LogP contribution in [-0.2, 0) is 5.60 Å². The van der Waals surface area contributed by atoms with Gasteiger partial charge in [-0.3, -0.25) is 0 Å². The van der Waals surface area contributed by atoms with E-state index < -0.39 is 71.1 Å². The second-order valence-corrected chi connectivity index (χ2v) is 8.88. The monoisotopic (exact) mass is 596 g/mol. The van der Waals surface area contributed by atoms with Gasteiger partial charge in [0.2, 0.25) is 0 Å². The van der Waals surface area contributed by atoms with Crippen molar-refractivity contribution in [2.45, 2.75) is 86.3 Å². The Kier molecular flexibility index (Phi) is 8.31. The highest BCUT2D eigenvalue weighted by molar-refractivity contribution is 5.30. The SMILES string of the molecule is CC(C)c1cccc(C(C)(O)CC(F)(F)C(F)(F)C(F)(F)C(F)(F)C(F)(F)C(F)(F)C(F)(F)C(F)(F)F)c1. The van der Waals surface area contributed by atoms with Gasteiger partial charge >= 0.3 is 47.6 Å². The van der Waals surface area contributed by atoms with Gasteiger partial charge in [-0.1, -0.05) is 38.1 Å². The van der Waals surface area contributed by atoms with E-state index in [1.54, 1.807) is 0 Å². The number of rotatable bonds is 10. The molecule has 0 aliphatic carbocycles. The highest BCUT2D eigenvalue weighted by Gasteiger charge is 2.95. The summed E-state index contributed by atoms with van der Waals surface area (Å²) in [5.41, 5.74) is -3.79. The lowest BCUT2D eigenvalue weighted by Gasteiger charge is -2.43. The molecule has 1 atom stereocenters. The number of halogens is 17. The normalized spacial score (nSPS) is 17.1. The van der Waals surface area contributed by atoms with Crippen molar-refractivity contribution in [2.75, 3.05) is 0 Å². The predicted molar refractivity (Wildman–Crippen MR) is 95.4 cm³/mol. The molecule has 1 N–H and O–H groups in total. The van der Waals surface area contributed by atoms with E-state index in [2.05, 4.69) is 0 Å². The summed E-state index contributed by atoms with van der Waals surface area (Å²) in [7, 11) is 0. The van der Waals surface area contributed by atoms with Crippen LogP contribution in [0.1, 0.15) is 44.2 Å². The van der Waals surface area contributed by atoms with E-state index in [9.17, 15) is 79.7 Å². The first-order chi connectivity index (χ1) is 16.4. The molecule has 1 unspecified atom stereocenters. The van der Waals surface area contributed by atoms with E-state index in [0.29, 0.717) is 0 Å². The molecule has 0 heterocycles. The quantitative estimate of drug-likeness (QED) is 0.269. The molecule has 38 heavy (non-hydrogen) atoms. The molecule has 0 spiro atoms. The summed E-state index contributed by atoms with van der Waals surface area (Å²) < 4.78 is 228. The largest absolute Gasteiger partial charge is 0.460 e. The first-order valence-corrected chi connectivity index (χ1v) is 9.91. The Hall–Kier alpha value is -2.01. The van der Waals surface area contributed by atoms with Crippen LogP contribution in [0.4, 0.5) is 74.6 Å². The third-order valence-electron chi connectivity index (χ3n) is 5.53. The fraction of sp³-hybridized carbons (Fsp3) is 0.700. The Morgan fingerprint density at radius 2 is 0.974 bits per heavy atom. The van der Waals surface area contributed by atoms with Crippen LogP contribution >= 0.6 is 0 Å². The molecule has 0 saturated carbocycles. The predicted octanol–water partition coefficient (Wildman–Crippen LogP) is 8.42. The van der Waals surface area contributed by atoms with Crippen LogP contribution < -0.4 is 0 Å². The molecular weight excluding hydrogens is 579 g/mol. The zero-order chi connectivity index (χ0) is 30.8. The van der Waals surface area contributed by atoms with Gasteiger partial charge in [0.05, 0.1) is 12.0 Å². The molecule has 18 heteroatoms. The van der Waals surface area contributed by atoms with E-state index >= 15 is 0 Å². The van der Waals surface area contributed by atoms with E-state index in [1.165, 1.54) is 19.9 Å². The number of benzene rings is 1. The zero-order valence-corrected chi connectivity index (χ0v) is 19.0. The molecule has 0 fully saturated rings. The Bertz CT molecular complexity index is 991. The van der Waals surface area contributed by atoms with Crippen LogP contribution in [-0.4, -0.2) is 52.7 Å². The summed E-state index contributed by atoms with van der Waals surface area (Å²) in [5.74, 6) is -57.4. The highest BCUT2D eigenvalue weighted by atomic mass is 19.4. The van der Waals surface area contributed by atoms with Crippen molar-refractivity contribution in [3.8, 4) is 0 Å². The van der Waals surface area contributed by atoms with Gasteiger partial charge in [0.15, 0.2) is 0 Å². The molecule has 0 aliphatic rings.